The Hall–Kier alpha value is -2.19. The lowest BCUT2D eigenvalue weighted by Gasteiger charge is -2.40. The Balaban J connectivity index is 1.31. The molecular formula is C22H30N4O3S. The largest absolute Gasteiger partial charge is 0.468 e. The van der Waals surface area contributed by atoms with Crippen molar-refractivity contribution in [3.05, 3.63) is 35.7 Å². The summed E-state index contributed by atoms with van der Waals surface area (Å²) in [6.45, 7) is 3.96. The molecule has 0 aromatic carbocycles. The fourth-order valence-corrected chi connectivity index (χ4v) is 5.26. The molecule has 2 amide bonds. The molecule has 2 aliphatic rings. The highest BCUT2D eigenvalue weighted by molar-refractivity contribution is 7.13. The van der Waals surface area contributed by atoms with E-state index in [0.717, 1.165) is 64.2 Å². The lowest BCUT2D eigenvalue weighted by molar-refractivity contribution is -0.137. The first kappa shape index (κ1) is 21.1. The van der Waals surface area contributed by atoms with Gasteiger partial charge in [0.05, 0.1) is 12.8 Å². The van der Waals surface area contributed by atoms with Crippen molar-refractivity contribution in [1.82, 2.24) is 14.8 Å². The molecule has 0 spiro atoms. The van der Waals surface area contributed by atoms with Gasteiger partial charge in [-0.25, -0.2) is 4.98 Å². The summed E-state index contributed by atoms with van der Waals surface area (Å²) in [6, 6.07) is 3.89. The van der Waals surface area contributed by atoms with Crippen molar-refractivity contribution < 1.29 is 14.0 Å². The lowest BCUT2D eigenvalue weighted by Crippen LogP contribution is -2.49. The summed E-state index contributed by atoms with van der Waals surface area (Å²) < 4.78 is 5.43. The number of amides is 2. The van der Waals surface area contributed by atoms with Crippen molar-refractivity contribution in [3.8, 4) is 0 Å². The zero-order chi connectivity index (χ0) is 20.8. The van der Waals surface area contributed by atoms with Gasteiger partial charge in [0.2, 0.25) is 11.8 Å². The van der Waals surface area contributed by atoms with Crippen LogP contribution in [0.2, 0.25) is 0 Å². The zero-order valence-corrected chi connectivity index (χ0v) is 18.2. The Morgan fingerprint density at radius 2 is 1.93 bits per heavy atom. The number of hydrogen-bond donors (Lipinski definition) is 1. The third-order valence-electron chi connectivity index (χ3n) is 6.34. The lowest BCUT2D eigenvalue weighted by atomic mass is 9.69. The van der Waals surface area contributed by atoms with E-state index in [9.17, 15) is 9.59 Å². The minimum Gasteiger partial charge on any atom is -0.468 e. The average molecular weight is 431 g/mol. The van der Waals surface area contributed by atoms with E-state index in [-0.39, 0.29) is 17.2 Å². The molecule has 7 nitrogen and oxygen atoms in total. The molecule has 30 heavy (non-hydrogen) atoms. The number of anilines is 1. The van der Waals surface area contributed by atoms with Crippen LogP contribution in [-0.2, 0) is 16.1 Å². The van der Waals surface area contributed by atoms with Crippen LogP contribution in [-0.4, -0.2) is 52.8 Å². The van der Waals surface area contributed by atoms with Gasteiger partial charge >= 0.3 is 0 Å². The van der Waals surface area contributed by atoms with Gasteiger partial charge in [-0.2, -0.15) is 0 Å². The summed E-state index contributed by atoms with van der Waals surface area (Å²) in [7, 11) is 0. The van der Waals surface area contributed by atoms with Gasteiger partial charge in [-0.05, 0) is 30.4 Å². The third kappa shape index (κ3) is 5.49. The summed E-state index contributed by atoms with van der Waals surface area (Å²) in [5.74, 6) is 1.13. The number of furan rings is 1. The number of thiazole rings is 1. The smallest absolute Gasteiger partial charge is 0.226 e. The van der Waals surface area contributed by atoms with Crippen LogP contribution in [0, 0.1) is 5.41 Å². The molecule has 2 aromatic heterocycles. The Morgan fingerprint density at radius 1 is 1.13 bits per heavy atom. The number of nitrogens with one attached hydrogen (secondary N) is 1. The summed E-state index contributed by atoms with van der Waals surface area (Å²) in [6.07, 6.45) is 9.52. The quantitative estimate of drug-likeness (QED) is 0.724. The van der Waals surface area contributed by atoms with Crippen molar-refractivity contribution in [2.24, 2.45) is 5.41 Å². The van der Waals surface area contributed by atoms with Gasteiger partial charge < -0.3 is 14.6 Å². The van der Waals surface area contributed by atoms with E-state index in [1.54, 1.807) is 12.5 Å². The number of carbonyl (C=O) groups is 2. The summed E-state index contributed by atoms with van der Waals surface area (Å²) in [5.41, 5.74) is -0.220. The molecule has 0 atom stereocenters. The maximum absolute atomic E-state index is 13.1. The number of nitrogens with zero attached hydrogens (tertiary/aromatic N) is 3. The van der Waals surface area contributed by atoms with Crippen LogP contribution >= 0.6 is 11.3 Å². The van der Waals surface area contributed by atoms with Crippen LogP contribution in [0.25, 0.3) is 0 Å². The number of aromatic nitrogens is 1. The van der Waals surface area contributed by atoms with Crippen LogP contribution < -0.4 is 5.32 Å². The Morgan fingerprint density at radius 3 is 2.60 bits per heavy atom. The number of rotatable bonds is 7. The van der Waals surface area contributed by atoms with Crippen molar-refractivity contribution in [2.75, 3.05) is 31.5 Å². The monoisotopic (exact) mass is 430 g/mol. The van der Waals surface area contributed by atoms with Crippen molar-refractivity contribution in [1.29, 1.82) is 0 Å². The second-order valence-corrected chi connectivity index (χ2v) is 9.43. The molecule has 162 valence electrons. The molecule has 2 aromatic rings. The van der Waals surface area contributed by atoms with Crippen molar-refractivity contribution >= 4 is 28.3 Å². The summed E-state index contributed by atoms with van der Waals surface area (Å²) in [4.78, 5) is 34.2. The van der Waals surface area contributed by atoms with E-state index < -0.39 is 0 Å². The van der Waals surface area contributed by atoms with Gasteiger partial charge in [-0.1, -0.05) is 19.3 Å². The van der Waals surface area contributed by atoms with Crippen LogP contribution in [0.1, 0.15) is 50.7 Å². The zero-order valence-electron chi connectivity index (χ0n) is 17.3. The second-order valence-electron chi connectivity index (χ2n) is 8.54. The maximum Gasteiger partial charge on any atom is 0.226 e. The molecule has 0 unspecified atom stereocenters. The van der Waals surface area contributed by atoms with Crippen LogP contribution in [0.5, 0.6) is 0 Å². The maximum atomic E-state index is 13.1. The number of hydrogen-bond acceptors (Lipinski definition) is 6. The fraction of sp³-hybridized carbons (Fsp3) is 0.591. The van der Waals surface area contributed by atoms with E-state index in [1.807, 2.05) is 22.4 Å². The Labute approximate surface area is 181 Å². The molecule has 8 heteroatoms. The second kappa shape index (κ2) is 9.75. The first-order valence-electron chi connectivity index (χ1n) is 10.8. The summed E-state index contributed by atoms with van der Waals surface area (Å²) >= 11 is 1.42. The Kier molecular flexibility index (Phi) is 6.84. The molecule has 1 aliphatic carbocycles. The molecule has 0 radical (unpaired) electrons. The van der Waals surface area contributed by atoms with E-state index in [2.05, 4.69) is 15.2 Å². The predicted octanol–water partition coefficient (Wildman–Crippen LogP) is 3.75. The highest BCUT2D eigenvalue weighted by Crippen LogP contribution is 2.43. The minimum atomic E-state index is -0.220. The van der Waals surface area contributed by atoms with Crippen LogP contribution in [0.4, 0.5) is 5.13 Å². The normalized spacial score (nSPS) is 19.5. The van der Waals surface area contributed by atoms with Crippen LogP contribution in [0.3, 0.4) is 0 Å². The average Bonchev–Trinajstić information content (AvgIpc) is 3.43. The minimum absolute atomic E-state index is 0.0251. The highest BCUT2D eigenvalue weighted by Gasteiger charge is 2.38. The molecule has 4 rings (SSSR count). The standard InChI is InChI=1S/C22H30N4O3S/c27-19(24-21-23-8-14-30-21)15-22(6-2-1-3-7-22)16-20(28)26-11-9-25(10-12-26)17-18-5-4-13-29-18/h4-5,8,13-14H,1-3,6-7,9-12,15-17H2,(H,23,24,27). The van der Waals surface area contributed by atoms with Gasteiger partial charge in [0, 0.05) is 50.6 Å². The SMILES string of the molecule is O=C(CC1(CC(=O)N2CCN(Cc3ccco3)CC2)CCCCC1)Nc1nccs1. The van der Waals surface area contributed by atoms with E-state index in [0.29, 0.717) is 18.0 Å². The topological polar surface area (TPSA) is 78.7 Å². The molecule has 1 saturated heterocycles. The van der Waals surface area contributed by atoms with Crippen molar-refractivity contribution in [2.45, 2.75) is 51.5 Å². The molecule has 3 heterocycles. The van der Waals surface area contributed by atoms with E-state index in [1.165, 1.54) is 17.8 Å². The molecular weight excluding hydrogens is 400 g/mol. The van der Waals surface area contributed by atoms with Gasteiger partial charge in [-0.15, -0.1) is 11.3 Å². The summed E-state index contributed by atoms with van der Waals surface area (Å²) in [5, 5.41) is 5.38. The highest BCUT2D eigenvalue weighted by atomic mass is 32.1. The Bertz CT molecular complexity index is 808. The van der Waals surface area contributed by atoms with Crippen LogP contribution in [0.15, 0.2) is 34.4 Å². The molecule has 0 bridgehead atoms. The number of carbonyl (C=O) groups excluding carboxylic acids is 2. The van der Waals surface area contributed by atoms with Gasteiger partial charge in [0.25, 0.3) is 0 Å². The van der Waals surface area contributed by atoms with Crippen molar-refractivity contribution in [3.63, 3.8) is 0 Å². The molecule has 1 aliphatic heterocycles. The first-order chi connectivity index (χ1) is 14.6. The molecule has 1 saturated carbocycles. The first-order valence-corrected chi connectivity index (χ1v) is 11.7. The number of piperazine rings is 1. The third-order valence-corrected chi connectivity index (χ3v) is 7.03. The molecule has 2 fully saturated rings. The van der Waals surface area contributed by atoms with Gasteiger partial charge in [0.15, 0.2) is 5.13 Å². The van der Waals surface area contributed by atoms with E-state index in [4.69, 9.17) is 4.42 Å². The molecule has 1 N–H and O–H groups in total. The van der Waals surface area contributed by atoms with Gasteiger partial charge in [-0.3, -0.25) is 14.5 Å². The van der Waals surface area contributed by atoms with Gasteiger partial charge in [0.1, 0.15) is 5.76 Å². The predicted molar refractivity (Wildman–Crippen MR) is 116 cm³/mol. The van der Waals surface area contributed by atoms with E-state index >= 15 is 0 Å². The fourth-order valence-electron chi connectivity index (χ4n) is 4.72.